The summed E-state index contributed by atoms with van der Waals surface area (Å²) in [6.45, 7) is 1.90. The average Bonchev–Trinajstić information content (AvgIpc) is 2.85. The molecule has 8 heteroatoms. The van der Waals surface area contributed by atoms with Crippen LogP contribution < -0.4 is 17.0 Å². The molecule has 0 aliphatic carbocycles. The zero-order valence-electron chi connectivity index (χ0n) is 10.2. The highest BCUT2D eigenvalue weighted by atomic mass is 32.1. The molecular formula is C11H13N5O2S. The Balaban J connectivity index is 0.000000399. The fourth-order valence-electron chi connectivity index (χ4n) is 1.18. The maximum atomic E-state index is 11.9. The maximum Gasteiger partial charge on any atom is 0.223 e. The Labute approximate surface area is 113 Å². The third-order valence-corrected chi connectivity index (χ3v) is 3.06. The predicted molar refractivity (Wildman–Crippen MR) is 72.3 cm³/mol. The third kappa shape index (κ3) is 4.12. The lowest BCUT2D eigenvalue weighted by atomic mass is 10.2. The van der Waals surface area contributed by atoms with Crippen LogP contribution in [0.2, 0.25) is 0 Å². The van der Waals surface area contributed by atoms with Crippen LogP contribution in [0.4, 0.5) is 5.82 Å². The summed E-state index contributed by atoms with van der Waals surface area (Å²) < 4.78 is 0. The Morgan fingerprint density at radius 1 is 1.42 bits per heavy atom. The molecule has 0 saturated heterocycles. The molecule has 2 rings (SSSR count). The van der Waals surface area contributed by atoms with Crippen molar-refractivity contribution in [3.05, 3.63) is 40.0 Å². The molecule has 7 nitrogen and oxygen atoms in total. The van der Waals surface area contributed by atoms with Crippen LogP contribution in [-0.4, -0.2) is 22.2 Å². The van der Waals surface area contributed by atoms with E-state index in [1.807, 2.05) is 18.4 Å². The van der Waals surface area contributed by atoms with Crippen molar-refractivity contribution < 1.29 is 9.59 Å². The van der Waals surface area contributed by atoms with E-state index in [1.165, 1.54) is 23.7 Å². The Morgan fingerprint density at radius 3 is 2.53 bits per heavy atom. The van der Waals surface area contributed by atoms with Crippen molar-refractivity contribution >= 4 is 29.3 Å². The number of thiophene rings is 1. The molecule has 0 atom stereocenters. The molecule has 0 unspecified atom stereocenters. The first-order valence-corrected chi connectivity index (χ1v) is 6.04. The molecule has 2 aromatic rings. The van der Waals surface area contributed by atoms with E-state index in [1.54, 1.807) is 5.43 Å². The molecule has 1 amide bonds. The number of amides is 1. The van der Waals surface area contributed by atoms with Gasteiger partial charge in [-0.25, -0.2) is 15.8 Å². The molecule has 0 saturated carbocycles. The highest BCUT2D eigenvalue weighted by Gasteiger charge is 2.14. The zero-order chi connectivity index (χ0) is 14.3. The number of ketones is 1. The minimum absolute atomic E-state index is 0.102. The van der Waals surface area contributed by atoms with E-state index in [0.29, 0.717) is 22.8 Å². The van der Waals surface area contributed by atoms with E-state index in [2.05, 4.69) is 15.8 Å². The predicted octanol–water partition coefficient (Wildman–Crippen LogP) is 0.266. The summed E-state index contributed by atoms with van der Waals surface area (Å²) in [7, 11) is 0. The first-order valence-electron chi connectivity index (χ1n) is 5.16. The average molecular weight is 279 g/mol. The van der Waals surface area contributed by atoms with Crippen molar-refractivity contribution in [2.45, 2.75) is 6.92 Å². The third-order valence-electron chi connectivity index (χ3n) is 2.04. The zero-order valence-corrected chi connectivity index (χ0v) is 11.0. The van der Waals surface area contributed by atoms with Crippen molar-refractivity contribution in [2.75, 3.05) is 5.73 Å². The first-order chi connectivity index (χ1) is 9.10. The number of nitrogens with two attached hydrogens (primary N) is 2. The second-order valence-corrected chi connectivity index (χ2v) is 4.29. The van der Waals surface area contributed by atoms with Gasteiger partial charge in [0.05, 0.1) is 17.3 Å². The Bertz CT molecular complexity index is 552. The van der Waals surface area contributed by atoms with Crippen LogP contribution in [0.15, 0.2) is 23.8 Å². The number of carbonyl (C=O) groups is 2. The van der Waals surface area contributed by atoms with Crippen LogP contribution in [0.1, 0.15) is 20.9 Å². The lowest BCUT2D eigenvalue weighted by molar-refractivity contribution is -0.109. The number of nitrogen functional groups attached to an aromatic ring is 1. The van der Waals surface area contributed by atoms with Gasteiger partial charge >= 0.3 is 0 Å². The van der Waals surface area contributed by atoms with Gasteiger partial charge in [-0.2, -0.15) is 0 Å². The minimum atomic E-state index is -0.102. The van der Waals surface area contributed by atoms with Crippen LogP contribution in [0.25, 0.3) is 0 Å². The summed E-state index contributed by atoms with van der Waals surface area (Å²) in [5.41, 5.74) is 8.43. The number of hydrazine groups is 1. The lowest BCUT2D eigenvalue weighted by Gasteiger charge is -1.98. The summed E-state index contributed by atoms with van der Waals surface area (Å²) in [4.78, 5) is 29.3. The minimum Gasteiger partial charge on any atom is -0.382 e. The second-order valence-electron chi connectivity index (χ2n) is 3.37. The number of aromatic nitrogens is 2. The molecule has 100 valence electrons. The van der Waals surface area contributed by atoms with Gasteiger partial charge in [-0.3, -0.25) is 15.0 Å². The molecule has 0 radical (unpaired) electrons. The monoisotopic (exact) mass is 279 g/mol. The molecule has 0 aliphatic rings. The van der Waals surface area contributed by atoms with Crippen LogP contribution in [-0.2, 0) is 4.79 Å². The fourth-order valence-corrected chi connectivity index (χ4v) is 2.05. The Morgan fingerprint density at radius 2 is 2.11 bits per heavy atom. The molecular weight excluding hydrogens is 266 g/mol. The highest BCUT2D eigenvalue weighted by molar-refractivity contribution is 7.12. The molecule has 2 aromatic heterocycles. The number of anilines is 1. The van der Waals surface area contributed by atoms with E-state index < -0.39 is 0 Å². The van der Waals surface area contributed by atoms with Crippen LogP contribution in [0.3, 0.4) is 0 Å². The van der Waals surface area contributed by atoms with Gasteiger partial charge in [0, 0.05) is 0 Å². The van der Waals surface area contributed by atoms with Gasteiger partial charge in [-0.05, 0) is 23.9 Å². The molecule has 0 aliphatic heterocycles. The van der Waals surface area contributed by atoms with Crippen molar-refractivity contribution in [3.8, 4) is 0 Å². The van der Waals surface area contributed by atoms with E-state index in [9.17, 15) is 4.79 Å². The number of nitrogens with one attached hydrogen (secondary N) is 1. The van der Waals surface area contributed by atoms with Gasteiger partial charge in [-0.1, -0.05) is 0 Å². The summed E-state index contributed by atoms with van der Waals surface area (Å²) in [6, 6.07) is 1.91. The topological polar surface area (TPSA) is 124 Å². The van der Waals surface area contributed by atoms with Crippen molar-refractivity contribution in [1.29, 1.82) is 0 Å². The van der Waals surface area contributed by atoms with Gasteiger partial charge in [0.25, 0.3) is 0 Å². The standard InChI is InChI=1S/C10H9N3OS.CH4N2O/c1-6-2-3-15-10(6)9(14)7-4-13-8(11)5-12-7;2-3-1-4/h2-5H,1H3,(H2,11,13);1H,2H2,(H,3,4). The second kappa shape index (κ2) is 7.19. The molecule has 2 heterocycles. The van der Waals surface area contributed by atoms with E-state index in [-0.39, 0.29) is 5.78 Å². The van der Waals surface area contributed by atoms with Gasteiger partial charge < -0.3 is 5.73 Å². The smallest absolute Gasteiger partial charge is 0.223 e. The molecule has 0 aromatic carbocycles. The number of aryl methyl sites for hydroxylation is 1. The van der Waals surface area contributed by atoms with Crippen LogP contribution >= 0.6 is 11.3 Å². The Hall–Kier alpha value is -2.32. The van der Waals surface area contributed by atoms with E-state index >= 15 is 0 Å². The lowest BCUT2D eigenvalue weighted by Crippen LogP contribution is -2.18. The van der Waals surface area contributed by atoms with E-state index in [4.69, 9.17) is 10.5 Å². The molecule has 0 bridgehead atoms. The summed E-state index contributed by atoms with van der Waals surface area (Å²) in [6.07, 6.45) is 3.19. The summed E-state index contributed by atoms with van der Waals surface area (Å²) in [5, 5.41) is 1.88. The fraction of sp³-hybridized carbons (Fsp3) is 0.0909. The van der Waals surface area contributed by atoms with Crippen LogP contribution in [0.5, 0.6) is 0 Å². The largest absolute Gasteiger partial charge is 0.382 e. The molecule has 0 spiro atoms. The van der Waals surface area contributed by atoms with Gasteiger partial charge in [-0.15, -0.1) is 11.3 Å². The van der Waals surface area contributed by atoms with Crippen molar-refractivity contribution in [3.63, 3.8) is 0 Å². The molecule has 5 N–H and O–H groups in total. The maximum absolute atomic E-state index is 11.9. The van der Waals surface area contributed by atoms with Crippen molar-refractivity contribution in [1.82, 2.24) is 15.4 Å². The van der Waals surface area contributed by atoms with E-state index in [0.717, 1.165) is 5.56 Å². The summed E-state index contributed by atoms with van der Waals surface area (Å²) in [5.74, 6) is 4.62. The normalized spacial score (nSPS) is 9.16. The number of carbonyl (C=O) groups excluding carboxylic acids is 2. The first kappa shape index (κ1) is 14.7. The highest BCUT2D eigenvalue weighted by Crippen LogP contribution is 2.18. The number of rotatable bonds is 3. The quantitative estimate of drug-likeness (QED) is 0.243. The number of hydrogen-bond donors (Lipinski definition) is 3. The van der Waals surface area contributed by atoms with Gasteiger partial charge in [0.1, 0.15) is 11.5 Å². The molecule has 0 fully saturated rings. The van der Waals surface area contributed by atoms with Gasteiger partial charge in [0.15, 0.2) is 0 Å². The number of nitrogens with zero attached hydrogens (tertiary/aromatic N) is 2. The summed E-state index contributed by atoms with van der Waals surface area (Å²) >= 11 is 1.41. The SMILES string of the molecule is Cc1ccsc1C(=O)c1cnc(N)cn1.NNC=O. The molecule has 19 heavy (non-hydrogen) atoms. The van der Waals surface area contributed by atoms with Crippen molar-refractivity contribution in [2.24, 2.45) is 5.84 Å². The number of hydrogen-bond acceptors (Lipinski definition) is 7. The Kier molecular flexibility index (Phi) is 5.58. The van der Waals surface area contributed by atoms with Crippen LogP contribution in [0, 0.1) is 6.92 Å². The van der Waals surface area contributed by atoms with Gasteiger partial charge in [0.2, 0.25) is 12.2 Å².